The van der Waals surface area contributed by atoms with Crippen molar-refractivity contribution in [2.75, 3.05) is 72.0 Å². The van der Waals surface area contributed by atoms with Crippen LogP contribution < -0.4 is 5.32 Å². The van der Waals surface area contributed by atoms with Gasteiger partial charge in [-0.05, 0) is 52.6 Å². The zero-order chi connectivity index (χ0) is 20.5. The van der Waals surface area contributed by atoms with E-state index in [0.29, 0.717) is 5.91 Å². The summed E-state index contributed by atoms with van der Waals surface area (Å²) in [5, 5.41) is 3.48. The van der Waals surface area contributed by atoms with Crippen molar-refractivity contribution in [1.29, 1.82) is 0 Å². The summed E-state index contributed by atoms with van der Waals surface area (Å²) in [5.41, 5.74) is 0. The summed E-state index contributed by atoms with van der Waals surface area (Å²) in [6.45, 7) is 15.1. The van der Waals surface area contributed by atoms with E-state index in [1.165, 1.54) is 38.8 Å². The van der Waals surface area contributed by atoms with E-state index >= 15 is 0 Å². The highest BCUT2D eigenvalue weighted by Gasteiger charge is 2.30. The van der Waals surface area contributed by atoms with Crippen molar-refractivity contribution >= 4 is 11.9 Å². The fraction of sp³-hybridized carbons (Fsp3) is 0.909. The molecule has 1 atom stereocenters. The van der Waals surface area contributed by atoms with Gasteiger partial charge in [0.25, 0.3) is 0 Å². The highest BCUT2D eigenvalue weighted by atomic mass is 16.2. The highest BCUT2D eigenvalue weighted by Crippen LogP contribution is 2.14. The van der Waals surface area contributed by atoms with E-state index < -0.39 is 0 Å². The summed E-state index contributed by atoms with van der Waals surface area (Å²) < 4.78 is 0. The molecular formula is C22H42N6O. The van der Waals surface area contributed by atoms with Crippen LogP contribution >= 0.6 is 0 Å². The third-order valence-corrected chi connectivity index (χ3v) is 6.65. The number of rotatable bonds is 6. The first-order chi connectivity index (χ1) is 14.2. The molecule has 3 heterocycles. The van der Waals surface area contributed by atoms with Crippen molar-refractivity contribution in [3.05, 3.63) is 0 Å². The van der Waals surface area contributed by atoms with Crippen molar-refractivity contribution in [1.82, 2.24) is 24.9 Å². The minimum Gasteiger partial charge on any atom is -0.357 e. The van der Waals surface area contributed by atoms with Crippen molar-refractivity contribution < 1.29 is 4.79 Å². The molecule has 0 bridgehead atoms. The molecule has 166 valence electrons. The lowest BCUT2D eigenvalue weighted by molar-refractivity contribution is -0.135. The predicted octanol–water partition coefficient (Wildman–Crippen LogP) is 1.46. The summed E-state index contributed by atoms with van der Waals surface area (Å²) in [4.78, 5) is 27.0. The van der Waals surface area contributed by atoms with Crippen LogP contribution in [0.3, 0.4) is 0 Å². The van der Waals surface area contributed by atoms with Crippen LogP contribution in [0.5, 0.6) is 0 Å². The van der Waals surface area contributed by atoms with Gasteiger partial charge in [0, 0.05) is 52.4 Å². The molecule has 0 spiro atoms. The number of amides is 1. The van der Waals surface area contributed by atoms with E-state index in [9.17, 15) is 4.79 Å². The zero-order valence-corrected chi connectivity index (χ0v) is 18.7. The molecule has 3 rings (SSSR count). The molecule has 0 aliphatic carbocycles. The van der Waals surface area contributed by atoms with Gasteiger partial charge < -0.3 is 20.0 Å². The average Bonchev–Trinajstić information content (AvgIpc) is 3.17. The second-order valence-corrected chi connectivity index (χ2v) is 8.72. The van der Waals surface area contributed by atoms with Gasteiger partial charge in [0.2, 0.25) is 5.91 Å². The van der Waals surface area contributed by atoms with Crippen molar-refractivity contribution in [2.45, 2.75) is 58.4 Å². The number of hydrogen-bond donors (Lipinski definition) is 1. The van der Waals surface area contributed by atoms with E-state index in [4.69, 9.17) is 4.99 Å². The molecule has 3 fully saturated rings. The standard InChI is InChI=1S/C22H42N6O/c1-3-23-22(24-10-15-25-11-6-4-5-7-12-25)28-18-16-26(17-19-28)20(2)21(29)27-13-8-9-14-27/h20H,3-19H2,1-2H3,(H,23,24). The van der Waals surface area contributed by atoms with Gasteiger partial charge in [0.05, 0.1) is 12.6 Å². The molecule has 0 aromatic rings. The summed E-state index contributed by atoms with van der Waals surface area (Å²) in [7, 11) is 0. The van der Waals surface area contributed by atoms with Crippen LogP contribution in [0.4, 0.5) is 0 Å². The van der Waals surface area contributed by atoms with Gasteiger partial charge in [-0.3, -0.25) is 14.7 Å². The molecule has 7 nitrogen and oxygen atoms in total. The Kier molecular flexibility index (Phi) is 9.05. The fourth-order valence-electron chi connectivity index (χ4n) is 4.76. The summed E-state index contributed by atoms with van der Waals surface area (Å²) in [6.07, 6.45) is 7.75. The zero-order valence-electron chi connectivity index (χ0n) is 18.7. The molecular weight excluding hydrogens is 364 g/mol. The number of nitrogens with zero attached hydrogens (tertiary/aromatic N) is 5. The Morgan fingerprint density at radius 1 is 0.862 bits per heavy atom. The molecule has 7 heteroatoms. The topological polar surface area (TPSA) is 54.4 Å². The summed E-state index contributed by atoms with van der Waals surface area (Å²) >= 11 is 0. The van der Waals surface area contributed by atoms with Gasteiger partial charge in [-0.1, -0.05) is 12.8 Å². The monoisotopic (exact) mass is 406 g/mol. The lowest BCUT2D eigenvalue weighted by Gasteiger charge is -2.39. The van der Waals surface area contributed by atoms with Crippen LogP contribution in [-0.2, 0) is 4.79 Å². The Labute approximate surface area is 177 Å². The number of guanidine groups is 1. The van der Waals surface area contributed by atoms with Gasteiger partial charge in [-0.25, -0.2) is 0 Å². The quantitative estimate of drug-likeness (QED) is 0.535. The van der Waals surface area contributed by atoms with Crippen molar-refractivity contribution in [2.24, 2.45) is 4.99 Å². The largest absolute Gasteiger partial charge is 0.357 e. The van der Waals surface area contributed by atoms with Gasteiger partial charge in [-0.15, -0.1) is 0 Å². The minimum atomic E-state index is -0.00203. The molecule has 3 saturated heterocycles. The maximum atomic E-state index is 12.7. The Morgan fingerprint density at radius 2 is 1.48 bits per heavy atom. The van der Waals surface area contributed by atoms with Crippen LogP contribution in [-0.4, -0.2) is 110 Å². The lowest BCUT2D eigenvalue weighted by atomic mass is 10.2. The first-order valence-electron chi connectivity index (χ1n) is 12.0. The molecule has 0 aromatic heterocycles. The number of nitrogens with one attached hydrogen (secondary N) is 1. The number of carbonyl (C=O) groups is 1. The smallest absolute Gasteiger partial charge is 0.239 e. The molecule has 0 saturated carbocycles. The van der Waals surface area contributed by atoms with Gasteiger partial charge in [0.15, 0.2) is 5.96 Å². The maximum Gasteiger partial charge on any atom is 0.239 e. The Morgan fingerprint density at radius 3 is 2.10 bits per heavy atom. The second-order valence-electron chi connectivity index (χ2n) is 8.72. The van der Waals surface area contributed by atoms with Crippen LogP contribution in [0.15, 0.2) is 4.99 Å². The number of likely N-dealkylation sites (tertiary alicyclic amines) is 2. The third-order valence-electron chi connectivity index (χ3n) is 6.65. The van der Waals surface area contributed by atoms with Crippen LogP contribution in [0.25, 0.3) is 0 Å². The Bertz CT molecular complexity index is 517. The normalized spacial score (nSPS) is 23.9. The van der Waals surface area contributed by atoms with Gasteiger partial charge in [-0.2, -0.15) is 0 Å². The summed E-state index contributed by atoms with van der Waals surface area (Å²) in [6, 6.07) is -0.00203. The number of piperazine rings is 1. The molecule has 0 radical (unpaired) electrons. The first-order valence-corrected chi connectivity index (χ1v) is 12.0. The summed E-state index contributed by atoms with van der Waals surface area (Å²) in [5.74, 6) is 1.36. The average molecular weight is 407 g/mol. The molecule has 29 heavy (non-hydrogen) atoms. The molecule has 3 aliphatic rings. The molecule has 1 amide bonds. The van der Waals surface area contributed by atoms with E-state index in [0.717, 1.165) is 77.7 Å². The Hall–Kier alpha value is -1.34. The molecule has 1 unspecified atom stereocenters. The van der Waals surface area contributed by atoms with E-state index in [1.54, 1.807) is 0 Å². The fourth-order valence-corrected chi connectivity index (χ4v) is 4.76. The van der Waals surface area contributed by atoms with Crippen LogP contribution in [0, 0.1) is 0 Å². The SMILES string of the molecule is CCNC(=NCCN1CCCCCC1)N1CCN(C(C)C(=O)N2CCCC2)CC1. The first kappa shape index (κ1) is 22.3. The van der Waals surface area contributed by atoms with Crippen LogP contribution in [0.2, 0.25) is 0 Å². The van der Waals surface area contributed by atoms with Crippen LogP contribution in [0.1, 0.15) is 52.4 Å². The van der Waals surface area contributed by atoms with E-state index in [2.05, 4.69) is 33.9 Å². The lowest BCUT2D eigenvalue weighted by Crippen LogP contribution is -2.57. The highest BCUT2D eigenvalue weighted by molar-refractivity contribution is 5.82. The van der Waals surface area contributed by atoms with Gasteiger partial charge in [0.1, 0.15) is 0 Å². The van der Waals surface area contributed by atoms with Crippen molar-refractivity contribution in [3.63, 3.8) is 0 Å². The van der Waals surface area contributed by atoms with Crippen molar-refractivity contribution in [3.8, 4) is 0 Å². The predicted molar refractivity (Wildman–Crippen MR) is 119 cm³/mol. The van der Waals surface area contributed by atoms with Gasteiger partial charge >= 0.3 is 0 Å². The minimum absolute atomic E-state index is 0.00203. The number of carbonyl (C=O) groups excluding carboxylic acids is 1. The number of hydrogen-bond acceptors (Lipinski definition) is 4. The molecule has 1 N–H and O–H groups in total. The molecule has 0 aromatic carbocycles. The second kappa shape index (κ2) is 11.7. The Balaban J connectivity index is 1.46. The van der Waals surface area contributed by atoms with E-state index in [1.807, 2.05) is 4.90 Å². The van der Waals surface area contributed by atoms with E-state index in [-0.39, 0.29) is 6.04 Å². The molecule has 3 aliphatic heterocycles. The third kappa shape index (κ3) is 6.57. The number of aliphatic imine (C=N–C) groups is 1. The maximum absolute atomic E-state index is 12.7.